The maximum Gasteiger partial charge on any atom is 0.132 e. The van der Waals surface area contributed by atoms with E-state index in [9.17, 15) is 5.11 Å². The first-order valence-electron chi connectivity index (χ1n) is 8.17. The van der Waals surface area contributed by atoms with Gasteiger partial charge in [-0.2, -0.15) is 0 Å². The summed E-state index contributed by atoms with van der Waals surface area (Å²) in [6, 6.07) is 23.7. The molecule has 0 aliphatic heterocycles. The summed E-state index contributed by atoms with van der Waals surface area (Å²) in [7, 11) is 0. The van der Waals surface area contributed by atoms with E-state index in [1.165, 1.54) is 5.56 Å². The van der Waals surface area contributed by atoms with Gasteiger partial charge in [0, 0.05) is 17.3 Å². The molecule has 0 aliphatic carbocycles. The summed E-state index contributed by atoms with van der Waals surface area (Å²) in [6.45, 7) is 4.31. The van der Waals surface area contributed by atoms with Crippen LogP contribution in [0.4, 0.5) is 5.69 Å². The Hall–Kier alpha value is -2.87. The number of phenols is 1. The Morgan fingerprint density at radius 2 is 1.54 bits per heavy atom. The number of aromatic hydroxyl groups is 1. The predicted octanol–water partition coefficient (Wildman–Crippen LogP) is 5.93. The minimum Gasteiger partial charge on any atom is -0.507 e. The van der Waals surface area contributed by atoms with Crippen LogP contribution in [0.2, 0.25) is 0 Å². The van der Waals surface area contributed by atoms with Crippen LogP contribution in [0.5, 0.6) is 5.75 Å². The zero-order valence-corrected chi connectivity index (χ0v) is 14.0. The molecular weight excluding hydrogens is 294 g/mol. The molecule has 2 heteroatoms. The van der Waals surface area contributed by atoms with Crippen molar-refractivity contribution in [3.63, 3.8) is 0 Å². The van der Waals surface area contributed by atoms with Crippen LogP contribution in [0, 0.1) is 0 Å². The molecule has 0 amide bonds. The summed E-state index contributed by atoms with van der Waals surface area (Å²) >= 11 is 0. The maximum atomic E-state index is 10.6. The zero-order valence-electron chi connectivity index (χ0n) is 14.0. The van der Waals surface area contributed by atoms with Crippen LogP contribution in [0.15, 0.2) is 77.8 Å². The minimum absolute atomic E-state index is 0.259. The molecule has 3 aromatic carbocycles. The lowest BCUT2D eigenvalue weighted by atomic mass is 10.0. The summed E-state index contributed by atoms with van der Waals surface area (Å²) in [5.74, 6) is 0.664. The van der Waals surface area contributed by atoms with E-state index in [2.05, 4.69) is 24.9 Å². The van der Waals surface area contributed by atoms with Gasteiger partial charge in [0.25, 0.3) is 0 Å². The Bertz CT molecular complexity index is 851. The van der Waals surface area contributed by atoms with Crippen LogP contribution in [0.1, 0.15) is 30.9 Å². The number of benzene rings is 3. The molecule has 0 heterocycles. The minimum atomic E-state index is 0.259. The molecule has 0 saturated heterocycles. The predicted molar refractivity (Wildman–Crippen MR) is 101 cm³/mol. The lowest BCUT2D eigenvalue weighted by Gasteiger charge is -2.09. The molecule has 24 heavy (non-hydrogen) atoms. The van der Waals surface area contributed by atoms with Crippen LogP contribution >= 0.6 is 0 Å². The molecular formula is C22H21NO. The number of hydrogen-bond donors (Lipinski definition) is 1. The number of rotatable bonds is 4. The third-order valence-corrected chi connectivity index (χ3v) is 4.05. The molecule has 1 N–H and O–H groups in total. The Morgan fingerprint density at radius 3 is 2.29 bits per heavy atom. The molecule has 3 aromatic rings. The second-order valence-corrected chi connectivity index (χ2v) is 6.08. The van der Waals surface area contributed by atoms with Crippen molar-refractivity contribution in [3.8, 4) is 16.9 Å². The van der Waals surface area contributed by atoms with Crippen molar-refractivity contribution in [1.29, 1.82) is 0 Å². The molecule has 0 fully saturated rings. The maximum absolute atomic E-state index is 10.6. The number of hydrogen-bond acceptors (Lipinski definition) is 2. The fraction of sp³-hybridized carbons (Fsp3) is 0.136. The van der Waals surface area contributed by atoms with Crippen molar-refractivity contribution in [2.24, 2.45) is 4.99 Å². The summed E-state index contributed by atoms with van der Waals surface area (Å²) in [6.07, 6.45) is 1.74. The standard InChI is InChI=1S/C22H21NO/c1-16(2)19-12-6-7-14-21(19)23-15-18-11-8-13-20(22(18)24)17-9-4-3-5-10-17/h3-16,24H,1-2H3/b23-15+. The van der Waals surface area contributed by atoms with Gasteiger partial charge in [-0.25, -0.2) is 0 Å². The normalized spacial score (nSPS) is 11.3. The van der Waals surface area contributed by atoms with Crippen molar-refractivity contribution in [3.05, 3.63) is 83.9 Å². The van der Waals surface area contributed by atoms with Gasteiger partial charge in [0.05, 0.1) is 5.69 Å². The quantitative estimate of drug-likeness (QED) is 0.594. The van der Waals surface area contributed by atoms with Crippen molar-refractivity contribution >= 4 is 11.9 Å². The Labute approximate surface area is 143 Å². The highest BCUT2D eigenvalue weighted by atomic mass is 16.3. The van der Waals surface area contributed by atoms with Crippen molar-refractivity contribution in [2.45, 2.75) is 19.8 Å². The van der Waals surface area contributed by atoms with E-state index in [1.807, 2.05) is 66.7 Å². The van der Waals surface area contributed by atoms with Crippen LogP contribution in [0.25, 0.3) is 11.1 Å². The van der Waals surface area contributed by atoms with Gasteiger partial charge in [-0.15, -0.1) is 0 Å². The third-order valence-electron chi connectivity index (χ3n) is 4.05. The summed E-state index contributed by atoms with van der Waals surface area (Å²) in [5, 5.41) is 10.6. The van der Waals surface area contributed by atoms with Crippen LogP contribution in [0.3, 0.4) is 0 Å². The molecule has 0 saturated carbocycles. The second kappa shape index (κ2) is 7.14. The third kappa shape index (κ3) is 3.38. The van der Waals surface area contributed by atoms with Crippen molar-refractivity contribution in [2.75, 3.05) is 0 Å². The summed E-state index contributed by atoms with van der Waals surface area (Å²) in [5.41, 5.74) is 4.67. The monoisotopic (exact) mass is 315 g/mol. The van der Waals surface area contributed by atoms with E-state index in [-0.39, 0.29) is 5.75 Å². The lowest BCUT2D eigenvalue weighted by Crippen LogP contribution is -1.89. The highest BCUT2D eigenvalue weighted by molar-refractivity contribution is 5.90. The average Bonchev–Trinajstić information content (AvgIpc) is 2.62. The van der Waals surface area contributed by atoms with E-state index >= 15 is 0 Å². The van der Waals surface area contributed by atoms with Gasteiger partial charge in [0.2, 0.25) is 0 Å². The SMILES string of the molecule is CC(C)c1ccccc1/N=C/c1cccc(-c2ccccc2)c1O. The van der Waals surface area contributed by atoms with Gasteiger partial charge in [-0.3, -0.25) is 4.99 Å². The summed E-state index contributed by atoms with van der Waals surface area (Å²) in [4.78, 5) is 4.61. The van der Waals surface area contributed by atoms with Crippen molar-refractivity contribution in [1.82, 2.24) is 0 Å². The zero-order chi connectivity index (χ0) is 16.9. The topological polar surface area (TPSA) is 32.6 Å². The fourth-order valence-electron chi connectivity index (χ4n) is 2.75. The van der Waals surface area contributed by atoms with Crippen LogP contribution < -0.4 is 0 Å². The molecule has 0 aromatic heterocycles. The van der Waals surface area contributed by atoms with E-state index in [0.29, 0.717) is 5.92 Å². The van der Waals surface area contributed by atoms with Gasteiger partial charge in [0.1, 0.15) is 5.75 Å². The molecule has 0 radical (unpaired) electrons. The van der Waals surface area contributed by atoms with E-state index in [1.54, 1.807) is 6.21 Å². The first-order chi connectivity index (χ1) is 11.7. The Kier molecular flexibility index (Phi) is 4.76. The van der Waals surface area contributed by atoms with Gasteiger partial charge < -0.3 is 5.11 Å². The van der Waals surface area contributed by atoms with Gasteiger partial charge in [0.15, 0.2) is 0 Å². The van der Waals surface area contributed by atoms with E-state index < -0.39 is 0 Å². The molecule has 0 unspecified atom stereocenters. The highest BCUT2D eigenvalue weighted by Gasteiger charge is 2.08. The molecule has 0 spiro atoms. The first-order valence-corrected chi connectivity index (χ1v) is 8.17. The number of phenolic OH excluding ortho intramolecular Hbond substituents is 1. The van der Waals surface area contributed by atoms with Gasteiger partial charge in [-0.1, -0.05) is 74.5 Å². The second-order valence-electron chi connectivity index (χ2n) is 6.08. The largest absolute Gasteiger partial charge is 0.507 e. The van der Waals surface area contributed by atoms with Crippen LogP contribution in [-0.2, 0) is 0 Å². The Morgan fingerprint density at radius 1 is 0.833 bits per heavy atom. The lowest BCUT2D eigenvalue weighted by molar-refractivity contribution is 0.476. The van der Waals surface area contributed by atoms with Gasteiger partial charge in [-0.05, 0) is 29.2 Å². The van der Waals surface area contributed by atoms with Crippen molar-refractivity contribution < 1.29 is 5.11 Å². The van der Waals surface area contributed by atoms with Crippen LogP contribution in [-0.4, -0.2) is 11.3 Å². The average molecular weight is 315 g/mol. The summed E-state index contributed by atoms with van der Waals surface area (Å²) < 4.78 is 0. The molecule has 0 bridgehead atoms. The smallest absolute Gasteiger partial charge is 0.132 e. The highest BCUT2D eigenvalue weighted by Crippen LogP contribution is 2.32. The molecule has 120 valence electrons. The first kappa shape index (κ1) is 16.0. The molecule has 0 aliphatic rings. The van der Waals surface area contributed by atoms with E-state index in [4.69, 9.17) is 0 Å². The Balaban J connectivity index is 1.97. The molecule has 3 rings (SSSR count). The van der Waals surface area contributed by atoms with Gasteiger partial charge >= 0.3 is 0 Å². The number of aliphatic imine (C=N–C) groups is 1. The van der Waals surface area contributed by atoms with E-state index in [0.717, 1.165) is 22.4 Å². The molecule has 0 atom stereocenters. The molecule has 2 nitrogen and oxygen atoms in total. The number of nitrogens with zero attached hydrogens (tertiary/aromatic N) is 1. The number of para-hydroxylation sites is 2. The fourth-order valence-corrected chi connectivity index (χ4v) is 2.75.